The second kappa shape index (κ2) is 5.16. The van der Waals surface area contributed by atoms with E-state index in [-0.39, 0.29) is 0 Å². The van der Waals surface area contributed by atoms with Crippen molar-refractivity contribution in [3.05, 3.63) is 64.7 Å². The molecule has 0 atom stereocenters. The molecule has 0 bridgehead atoms. The molecule has 3 aromatic rings. The number of nitrogens with zero attached hydrogens (tertiary/aromatic N) is 1. The lowest BCUT2D eigenvalue weighted by Gasteiger charge is -2.10. The summed E-state index contributed by atoms with van der Waals surface area (Å²) in [5.41, 5.74) is 2.28. The molecule has 0 spiro atoms. The van der Waals surface area contributed by atoms with Crippen molar-refractivity contribution in [2.24, 2.45) is 0 Å². The monoisotopic (exact) mass is 277 g/mol. The quantitative estimate of drug-likeness (QED) is 0.677. The van der Waals surface area contributed by atoms with Crippen molar-refractivity contribution in [1.29, 1.82) is 5.26 Å². The average Bonchev–Trinajstić information content (AvgIpc) is 2.49. The van der Waals surface area contributed by atoms with Gasteiger partial charge in [0.2, 0.25) is 0 Å². The number of nitrogens with one attached hydrogen (secondary N) is 2. The number of pyridine rings is 1. The lowest BCUT2D eigenvalue weighted by Crippen LogP contribution is -1.98. The third-order valence-electron chi connectivity index (χ3n) is 3.06. The summed E-state index contributed by atoms with van der Waals surface area (Å²) in [6.45, 7) is 0. The first-order chi connectivity index (χ1) is 9.79. The molecular formula is C16H11N3S. The van der Waals surface area contributed by atoms with Gasteiger partial charge in [-0.2, -0.15) is 5.26 Å². The number of H-pyrrole nitrogens is 1. The van der Waals surface area contributed by atoms with Crippen molar-refractivity contribution in [3.8, 4) is 6.07 Å². The van der Waals surface area contributed by atoms with E-state index in [1.54, 1.807) is 0 Å². The first-order valence-electron chi connectivity index (χ1n) is 6.17. The number of aromatic amines is 1. The molecule has 0 aliphatic rings. The van der Waals surface area contributed by atoms with Crippen LogP contribution in [0.15, 0.2) is 54.6 Å². The van der Waals surface area contributed by atoms with Crippen LogP contribution in [0.3, 0.4) is 0 Å². The Morgan fingerprint density at radius 1 is 1.00 bits per heavy atom. The van der Waals surface area contributed by atoms with Crippen LogP contribution in [0.5, 0.6) is 0 Å². The molecule has 4 heteroatoms. The predicted molar refractivity (Wildman–Crippen MR) is 83.6 cm³/mol. The molecule has 2 N–H and O–H groups in total. The third kappa shape index (κ3) is 2.15. The molecule has 0 saturated heterocycles. The average molecular weight is 277 g/mol. The smallest absolute Gasteiger partial charge is 0.127 e. The summed E-state index contributed by atoms with van der Waals surface area (Å²) in [5, 5.41) is 13.5. The van der Waals surface area contributed by atoms with Crippen molar-refractivity contribution < 1.29 is 0 Å². The highest BCUT2D eigenvalue weighted by Gasteiger charge is 2.08. The number of hydrogen-bond donors (Lipinski definition) is 2. The van der Waals surface area contributed by atoms with Crippen molar-refractivity contribution in [2.45, 2.75) is 0 Å². The van der Waals surface area contributed by atoms with Crippen molar-refractivity contribution in [2.75, 3.05) is 5.32 Å². The van der Waals surface area contributed by atoms with E-state index in [2.05, 4.69) is 16.4 Å². The topological polar surface area (TPSA) is 51.6 Å². The first kappa shape index (κ1) is 12.4. The van der Waals surface area contributed by atoms with Gasteiger partial charge in [-0.25, -0.2) is 0 Å². The van der Waals surface area contributed by atoms with E-state index in [1.165, 1.54) is 0 Å². The second-order valence-corrected chi connectivity index (χ2v) is 4.76. The lowest BCUT2D eigenvalue weighted by atomic mass is 10.1. The summed E-state index contributed by atoms with van der Waals surface area (Å²) in [6, 6.07) is 19.6. The van der Waals surface area contributed by atoms with Gasteiger partial charge in [-0.15, -0.1) is 0 Å². The van der Waals surface area contributed by atoms with E-state index >= 15 is 0 Å². The minimum Gasteiger partial charge on any atom is -0.341 e. The molecular weight excluding hydrogens is 266 g/mol. The zero-order chi connectivity index (χ0) is 13.9. The third-order valence-corrected chi connectivity index (χ3v) is 3.49. The fraction of sp³-hybridized carbons (Fsp3) is 0. The van der Waals surface area contributed by atoms with Crippen molar-refractivity contribution in [3.63, 3.8) is 0 Å². The van der Waals surface area contributed by atoms with Crippen molar-refractivity contribution >= 4 is 34.6 Å². The van der Waals surface area contributed by atoms with Crippen LogP contribution < -0.4 is 5.32 Å². The van der Waals surface area contributed by atoms with Crippen LogP contribution in [0.4, 0.5) is 11.5 Å². The van der Waals surface area contributed by atoms with E-state index in [1.807, 2.05) is 54.6 Å². The Hall–Kier alpha value is -2.64. The summed E-state index contributed by atoms with van der Waals surface area (Å²) < 4.78 is 0.570. The Labute approximate surface area is 121 Å². The van der Waals surface area contributed by atoms with Crippen LogP contribution in [-0.4, -0.2) is 4.98 Å². The molecule has 0 radical (unpaired) electrons. The number of aromatic nitrogens is 1. The van der Waals surface area contributed by atoms with Gasteiger partial charge in [0.05, 0.1) is 4.51 Å². The van der Waals surface area contributed by atoms with E-state index in [9.17, 15) is 5.26 Å². The SMILES string of the molecule is N#Cc1c(Nc2ccccc2)[nH]c2ccccc2c1=S. The van der Waals surface area contributed by atoms with Crippen LogP contribution in [0.1, 0.15) is 5.56 Å². The Bertz CT molecular complexity index is 860. The van der Waals surface area contributed by atoms with Gasteiger partial charge in [0.1, 0.15) is 17.5 Å². The summed E-state index contributed by atoms with van der Waals surface area (Å²) in [6.07, 6.45) is 0. The van der Waals surface area contributed by atoms with Gasteiger partial charge >= 0.3 is 0 Å². The minimum atomic E-state index is 0.461. The standard InChI is InChI=1S/C16H11N3S/c17-10-13-15(20)12-8-4-5-9-14(12)19-16(13)18-11-6-2-1-3-7-11/h1-9H,(H2,18,19,20). The normalized spacial score (nSPS) is 10.2. The van der Waals surface area contributed by atoms with Crippen LogP contribution in [0, 0.1) is 15.8 Å². The number of benzene rings is 2. The van der Waals surface area contributed by atoms with Crippen LogP contribution in [-0.2, 0) is 0 Å². The fourth-order valence-corrected chi connectivity index (χ4v) is 2.43. The lowest BCUT2D eigenvalue weighted by molar-refractivity contribution is 1.34. The molecule has 1 aromatic heterocycles. The summed E-state index contributed by atoms with van der Waals surface area (Å²) in [7, 11) is 0. The molecule has 1 heterocycles. The second-order valence-electron chi connectivity index (χ2n) is 4.35. The van der Waals surface area contributed by atoms with Crippen LogP contribution in [0.2, 0.25) is 0 Å². The Kier molecular flexibility index (Phi) is 3.20. The molecule has 0 saturated carbocycles. The largest absolute Gasteiger partial charge is 0.341 e. The van der Waals surface area contributed by atoms with E-state index in [0.29, 0.717) is 15.9 Å². The van der Waals surface area contributed by atoms with Gasteiger partial charge in [0.25, 0.3) is 0 Å². The minimum absolute atomic E-state index is 0.461. The number of hydrogen-bond acceptors (Lipinski definition) is 3. The number of fused-ring (bicyclic) bond motifs is 1. The molecule has 0 aliphatic carbocycles. The zero-order valence-electron chi connectivity index (χ0n) is 10.6. The molecule has 3 nitrogen and oxygen atoms in total. The van der Waals surface area contributed by atoms with Crippen LogP contribution in [0.25, 0.3) is 10.9 Å². The van der Waals surface area contributed by atoms with Crippen LogP contribution >= 0.6 is 12.2 Å². The van der Waals surface area contributed by atoms with E-state index in [4.69, 9.17) is 12.2 Å². The van der Waals surface area contributed by atoms with Gasteiger partial charge in [0, 0.05) is 16.6 Å². The Morgan fingerprint density at radius 3 is 2.45 bits per heavy atom. The van der Waals surface area contributed by atoms with E-state index in [0.717, 1.165) is 16.6 Å². The van der Waals surface area contributed by atoms with Gasteiger partial charge in [-0.05, 0) is 18.2 Å². The molecule has 0 aliphatic heterocycles. The maximum Gasteiger partial charge on any atom is 0.127 e. The van der Waals surface area contributed by atoms with Gasteiger partial charge in [0.15, 0.2) is 0 Å². The zero-order valence-corrected chi connectivity index (χ0v) is 11.4. The number of anilines is 2. The number of nitriles is 1. The highest BCUT2D eigenvalue weighted by atomic mass is 32.1. The van der Waals surface area contributed by atoms with Gasteiger partial charge < -0.3 is 10.3 Å². The maximum absolute atomic E-state index is 9.36. The number of rotatable bonds is 2. The van der Waals surface area contributed by atoms with Gasteiger partial charge in [-0.3, -0.25) is 0 Å². The molecule has 2 aromatic carbocycles. The van der Waals surface area contributed by atoms with E-state index < -0.39 is 0 Å². The first-order valence-corrected chi connectivity index (χ1v) is 6.57. The highest BCUT2D eigenvalue weighted by molar-refractivity contribution is 7.71. The predicted octanol–water partition coefficient (Wildman–Crippen LogP) is 4.51. The molecule has 3 rings (SSSR count). The highest BCUT2D eigenvalue weighted by Crippen LogP contribution is 2.24. The Morgan fingerprint density at radius 2 is 1.70 bits per heavy atom. The molecule has 0 unspecified atom stereocenters. The molecule has 0 amide bonds. The fourth-order valence-electron chi connectivity index (χ4n) is 2.10. The summed E-state index contributed by atoms with van der Waals surface area (Å²) >= 11 is 5.41. The van der Waals surface area contributed by atoms with Gasteiger partial charge in [-0.1, -0.05) is 48.6 Å². The van der Waals surface area contributed by atoms with Crippen molar-refractivity contribution in [1.82, 2.24) is 4.98 Å². The Balaban J connectivity index is 2.20. The molecule has 20 heavy (non-hydrogen) atoms. The summed E-state index contributed by atoms with van der Waals surface area (Å²) in [5.74, 6) is 0.627. The molecule has 0 fully saturated rings. The molecule has 96 valence electrons. The number of para-hydroxylation sites is 2. The summed E-state index contributed by atoms with van der Waals surface area (Å²) in [4.78, 5) is 3.24. The maximum atomic E-state index is 9.36.